The van der Waals surface area contributed by atoms with Gasteiger partial charge >= 0.3 is 5.97 Å². The van der Waals surface area contributed by atoms with Crippen molar-refractivity contribution >= 4 is 11.9 Å². The number of carboxylic acids is 1. The molecule has 114 valence electrons. The summed E-state index contributed by atoms with van der Waals surface area (Å²) in [5.41, 5.74) is -0.791. The molecule has 2 atom stereocenters. The van der Waals surface area contributed by atoms with Crippen molar-refractivity contribution in [1.82, 2.24) is 4.90 Å². The maximum atomic E-state index is 12.2. The Labute approximate surface area is 119 Å². The Morgan fingerprint density at radius 1 is 1.45 bits per heavy atom. The van der Waals surface area contributed by atoms with E-state index in [2.05, 4.69) is 0 Å². The fraction of sp³-hybridized carbons (Fsp3) is 0.857. The minimum Gasteiger partial charge on any atom is -0.481 e. The summed E-state index contributed by atoms with van der Waals surface area (Å²) >= 11 is 0. The molecule has 0 spiro atoms. The predicted octanol–water partition coefficient (Wildman–Crippen LogP) is 0.753. The number of rotatable bonds is 6. The molecular formula is C14H23NO5. The molecule has 0 radical (unpaired) electrons. The van der Waals surface area contributed by atoms with E-state index in [9.17, 15) is 14.7 Å². The molecule has 2 rings (SSSR count). The summed E-state index contributed by atoms with van der Waals surface area (Å²) in [6.45, 7) is 2.41. The van der Waals surface area contributed by atoms with Crippen LogP contribution in [0.2, 0.25) is 0 Å². The second-order valence-corrected chi connectivity index (χ2v) is 5.71. The Morgan fingerprint density at radius 3 is 2.90 bits per heavy atom. The van der Waals surface area contributed by atoms with E-state index >= 15 is 0 Å². The molecular weight excluding hydrogens is 262 g/mol. The van der Waals surface area contributed by atoms with Gasteiger partial charge in [-0.15, -0.1) is 0 Å². The van der Waals surface area contributed by atoms with Crippen molar-refractivity contribution in [3.8, 4) is 0 Å². The van der Waals surface area contributed by atoms with E-state index in [-0.39, 0.29) is 11.8 Å². The number of hydrogen-bond donors (Lipinski definition) is 1. The molecule has 0 aromatic heterocycles. The molecule has 2 aliphatic rings. The number of carbonyl (C=O) groups excluding carboxylic acids is 1. The van der Waals surface area contributed by atoms with Crippen LogP contribution in [0.1, 0.15) is 25.7 Å². The number of nitrogens with zero attached hydrogens (tertiary/aromatic N) is 1. The number of fused-ring (bicyclic) bond motifs is 1. The molecule has 1 N–H and O–H groups in total. The molecule has 2 aliphatic heterocycles. The zero-order valence-corrected chi connectivity index (χ0v) is 12.0. The van der Waals surface area contributed by atoms with E-state index in [1.165, 1.54) is 0 Å². The number of likely N-dealkylation sites (tertiary alicyclic amines) is 1. The van der Waals surface area contributed by atoms with Gasteiger partial charge in [-0.05, 0) is 19.3 Å². The standard InChI is InChI=1S/C14H23NO5/c1-19-6-3-2-4-12(16)15-8-11-9-20-7-5-14(11,10-15)13(17)18/h11H,2-10H2,1H3,(H,17,18)/t11-,14+/m0/s1. The van der Waals surface area contributed by atoms with Gasteiger partial charge in [0.05, 0.1) is 12.0 Å². The smallest absolute Gasteiger partial charge is 0.311 e. The molecule has 1 amide bonds. The molecule has 0 unspecified atom stereocenters. The van der Waals surface area contributed by atoms with Crippen LogP contribution < -0.4 is 0 Å². The third-order valence-electron chi connectivity index (χ3n) is 4.47. The molecule has 0 saturated carbocycles. The van der Waals surface area contributed by atoms with E-state index in [0.29, 0.717) is 45.8 Å². The number of carboxylic acid groups (broad SMARTS) is 1. The lowest BCUT2D eigenvalue weighted by molar-refractivity contribution is -0.157. The van der Waals surface area contributed by atoms with Gasteiger partial charge in [-0.1, -0.05) is 0 Å². The Hall–Kier alpha value is -1.14. The molecule has 2 heterocycles. The minimum atomic E-state index is -0.791. The zero-order valence-electron chi connectivity index (χ0n) is 12.0. The maximum Gasteiger partial charge on any atom is 0.311 e. The fourth-order valence-corrected chi connectivity index (χ4v) is 3.17. The van der Waals surface area contributed by atoms with Gasteiger partial charge in [0.1, 0.15) is 0 Å². The first-order valence-electron chi connectivity index (χ1n) is 7.18. The van der Waals surface area contributed by atoms with Gasteiger partial charge in [-0.25, -0.2) is 0 Å². The number of carbonyl (C=O) groups is 2. The van der Waals surface area contributed by atoms with E-state index in [0.717, 1.165) is 12.8 Å². The largest absolute Gasteiger partial charge is 0.481 e. The molecule has 6 nitrogen and oxygen atoms in total. The van der Waals surface area contributed by atoms with Crippen molar-refractivity contribution in [2.24, 2.45) is 11.3 Å². The SMILES string of the molecule is COCCCCC(=O)N1C[C@H]2COCC[C@@]2(C(=O)O)C1. The van der Waals surface area contributed by atoms with Gasteiger partial charge in [-0.3, -0.25) is 9.59 Å². The Bertz CT molecular complexity index is 373. The summed E-state index contributed by atoms with van der Waals surface area (Å²) in [6, 6.07) is 0. The van der Waals surface area contributed by atoms with Gasteiger partial charge in [0, 0.05) is 45.8 Å². The highest BCUT2D eigenvalue weighted by molar-refractivity contribution is 5.81. The van der Waals surface area contributed by atoms with Crippen LogP contribution in [-0.2, 0) is 19.1 Å². The van der Waals surface area contributed by atoms with Crippen molar-refractivity contribution in [2.75, 3.05) is 40.0 Å². The summed E-state index contributed by atoms with van der Waals surface area (Å²) in [6.07, 6.45) is 2.60. The van der Waals surface area contributed by atoms with Gasteiger partial charge in [0.15, 0.2) is 0 Å². The van der Waals surface area contributed by atoms with E-state index in [1.807, 2.05) is 0 Å². The summed E-state index contributed by atoms with van der Waals surface area (Å²) in [4.78, 5) is 25.5. The lowest BCUT2D eigenvalue weighted by Gasteiger charge is -2.33. The van der Waals surface area contributed by atoms with Gasteiger partial charge in [-0.2, -0.15) is 0 Å². The quantitative estimate of drug-likeness (QED) is 0.729. The second-order valence-electron chi connectivity index (χ2n) is 5.71. The number of methoxy groups -OCH3 is 1. The van der Waals surface area contributed by atoms with Gasteiger partial charge in [0.25, 0.3) is 0 Å². The van der Waals surface area contributed by atoms with E-state index in [4.69, 9.17) is 9.47 Å². The van der Waals surface area contributed by atoms with Gasteiger partial charge < -0.3 is 19.5 Å². The number of hydrogen-bond acceptors (Lipinski definition) is 4. The van der Waals surface area contributed by atoms with Crippen molar-refractivity contribution in [3.63, 3.8) is 0 Å². The summed E-state index contributed by atoms with van der Waals surface area (Å²) in [7, 11) is 1.64. The monoisotopic (exact) mass is 285 g/mol. The average Bonchev–Trinajstić information content (AvgIpc) is 2.84. The predicted molar refractivity (Wildman–Crippen MR) is 71.3 cm³/mol. The number of ether oxygens (including phenoxy) is 2. The van der Waals surface area contributed by atoms with Gasteiger partial charge in [0.2, 0.25) is 5.91 Å². The lowest BCUT2D eigenvalue weighted by atomic mass is 9.74. The molecule has 20 heavy (non-hydrogen) atoms. The molecule has 2 fully saturated rings. The average molecular weight is 285 g/mol. The van der Waals surface area contributed by atoms with Crippen LogP contribution in [-0.4, -0.2) is 61.9 Å². The first-order valence-corrected chi connectivity index (χ1v) is 7.18. The fourth-order valence-electron chi connectivity index (χ4n) is 3.17. The van der Waals surface area contributed by atoms with Crippen LogP contribution in [0.4, 0.5) is 0 Å². The maximum absolute atomic E-state index is 12.2. The van der Waals surface area contributed by atoms with Crippen LogP contribution in [0.3, 0.4) is 0 Å². The van der Waals surface area contributed by atoms with Crippen LogP contribution >= 0.6 is 0 Å². The molecule has 0 aromatic rings. The third kappa shape index (κ3) is 2.96. The summed E-state index contributed by atoms with van der Waals surface area (Å²) < 4.78 is 10.3. The highest BCUT2D eigenvalue weighted by Gasteiger charge is 2.54. The number of aliphatic carboxylic acids is 1. The van der Waals surface area contributed by atoms with Crippen LogP contribution in [0.15, 0.2) is 0 Å². The molecule has 2 saturated heterocycles. The first kappa shape index (κ1) is 15.3. The highest BCUT2D eigenvalue weighted by atomic mass is 16.5. The van der Waals surface area contributed by atoms with Crippen LogP contribution in [0.25, 0.3) is 0 Å². The minimum absolute atomic E-state index is 0.0520. The Morgan fingerprint density at radius 2 is 2.25 bits per heavy atom. The topological polar surface area (TPSA) is 76.1 Å². The molecule has 0 aliphatic carbocycles. The van der Waals surface area contributed by atoms with Crippen LogP contribution in [0.5, 0.6) is 0 Å². The zero-order chi connectivity index (χ0) is 14.6. The van der Waals surface area contributed by atoms with Crippen molar-refractivity contribution < 1.29 is 24.2 Å². The first-order chi connectivity index (χ1) is 9.60. The number of amides is 1. The lowest BCUT2D eigenvalue weighted by Crippen LogP contribution is -2.45. The number of unbranched alkanes of at least 4 members (excludes halogenated alkanes) is 1. The molecule has 6 heteroatoms. The Kier molecular flexibility index (Phi) is 4.99. The third-order valence-corrected chi connectivity index (χ3v) is 4.47. The summed E-state index contributed by atoms with van der Waals surface area (Å²) in [5.74, 6) is -0.812. The summed E-state index contributed by atoms with van der Waals surface area (Å²) in [5, 5.41) is 9.53. The van der Waals surface area contributed by atoms with E-state index in [1.54, 1.807) is 12.0 Å². The van der Waals surface area contributed by atoms with E-state index < -0.39 is 11.4 Å². The van der Waals surface area contributed by atoms with Crippen molar-refractivity contribution in [1.29, 1.82) is 0 Å². The molecule has 0 aromatic carbocycles. The normalized spacial score (nSPS) is 29.2. The highest BCUT2D eigenvalue weighted by Crippen LogP contribution is 2.42. The second kappa shape index (κ2) is 6.54. The van der Waals surface area contributed by atoms with Crippen molar-refractivity contribution in [2.45, 2.75) is 25.7 Å². The van der Waals surface area contributed by atoms with Crippen LogP contribution in [0, 0.1) is 11.3 Å². The van der Waals surface area contributed by atoms with Crippen molar-refractivity contribution in [3.05, 3.63) is 0 Å². The Balaban J connectivity index is 1.92. The molecule has 0 bridgehead atoms.